The summed E-state index contributed by atoms with van der Waals surface area (Å²) in [5.74, 6) is -4.17. The summed E-state index contributed by atoms with van der Waals surface area (Å²) in [6.45, 7) is 2.73. The number of piperidine rings is 1. The Morgan fingerprint density at radius 1 is 0.886 bits per heavy atom. The number of carboxylic acids is 2. The molecule has 1 atom stereocenters. The first-order chi connectivity index (χ1) is 16.3. The van der Waals surface area contributed by atoms with Crippen molar-refractivity contribution < 1.29 is 42.6 Å². The topological polar surface area (TPSA) is 138 Å². The molecule has 35 heavy (non-hydrogen) atoms. The average molecular weight is 492 g/mol. The highest BCUT2D eigenvalue weighted by Gasteiger charge is 2.40. The molecule has 1 aliphatic carbocycles. The van der Waals surface area contributed by atoms with Crippen molar-refractivity contribution in [3.8, 4) is 0 Å². The van der Waals surface area contributed by atoms with E-state index >= 15 is 0 Å². The number of fused-ring (bicyclic) bond motifs is 2. The minimum absolute atomic E-state index is 0.137. The molecular weight excluding hydrogens is 469 g/mol. The Bertz CT molecular complexity index is 1180. The highest BCUT2D eigenvalue weighted by atomic mass is 19.4. The van der Waals surface area contributed by atoms with Crippen LogP contribution >= 0.6 is 0 Å². The molecule has 0 spiro atoms. The summed E-state index contributed by atoms with van der Waals surface area (Å²) in [6, 6.07) is 12.2. The summed E-state index contributed by atoms with van der Waals surface area (Å²) < 4.78 is 31.7. The molecule has 1 fully saturated rings. The van der Waals surface area contributed by atoms with Gasteiger partial charge in [-0.15, -0.1) is 0 Å². The molecule has 2 aromatic rings. The largest absolute Gasteiger partial charge is 0.490 e. The van der Waals surface area contributed by atoms with Crippen LogP contribution < -0.4 is 10.6 Å². The number of ketones is 2. The van der Waals surface area contributed by atoms with Gasteiger partial charge in [-0.05, 0) is 31.7 Å². The van der Waals surface area contributed by atoms with Crippen molar-refractivity contribution in [2.45, 2.75) is 31.5 Å². The fraction of sp³-hybridized carbons (Fsp3) is 0.333. The van der Waals surface area contributed by atoms with Gasteiger partial charge in [0, 0.05) is 35.5 Å². The van der Waals surface area contributed by atoms with Gasteiger partial charge in [-0.3, -0.25) is 14.4 Å². The number of hydrogen-bond donors (Lipinski definition) is 3. The summed E-state index contributed by atoms with van der Waals surface area (Å²) in [6.07, 6.45) is -3.86. The molecule has 0 saturated carbocycles. The molecule has 8 nitrogen and oxygen atoms in total. The van der Waals surface area contributed by atoms with Gasteiger partial charge in [0.2, 0.25) is 0 Å². The molecule has 1 saturated heterocycles. The quantitative estimate of drug-likeness (QED) is 0.507. The van der Waals surface area contributed by atoms with Crippen LogP contribution in [0.1, 0.15) is 51.6 Å². The maximum atomic E-state index is 13.2. The van der Waals surface area contributed by atoms with Crippen LogP contribution in [0.25, 0.3) is 0 Å². The van der Waals surface area contributed by atoms with E-state index in [0.29, 0.717) is 48.2 Å². The lowest BCUT2D eigenvalue weighted by atomic mass is 9.79. The molecule has 4 rings (SSSR count). The highest BCUT2D eigenvalue weighted by molar-refractivity contribution is 6.30. The van der Waals surface area contributed by atoms with Crippen LogP contribution in [0.2, 0.25) is 0 Å². The van der Waals surface area contributed by atoms with Gasteiger partial charge in [-0.2, -0.15) is 13.2 Å². The van der Waals surface area contributed by atoms with E-state index in [2.05, 4.69) is 4.90 Å². The van der Waals surface area contributed by atoms with Gasteiger partial charge < -0.3 is 20.8 Å². The fourth-order valence-electron chi connectivity index (χ4n) is 4.29. The number of alkyl halides is 3. The van der Waals surface area contributed by atoms with E-state index in [1.807, 2.05) is 6.07 Å². The Kier molecular flexibility index (Phi) is 7.02. The molecule has 4 N–H and O–H groups in total. The molecule has 1 aliphatic heterocycles. The average Bonchev–Trinajstić information content (AvgIpc) is 2.82. The summed E-state index contributed by atoms with van der Waals surface area (Å²) in [7, 11) is 0. The minimum atomic E-state index is -5.08. The van der Waals surface area contributed by atoms with Crippen molar-refractivity contribution in [2.24, 2.45) is 11.7 Å². The van der Waals surface area contributed by atoms with Crippen LogP contribution in [0.4, 0.5) is 18.9 Å². The second kappa shape index (κ2) is 9.49. The molecule has 186 valence electrons. The number of carboxylic acid groups (broad SMARTS) is 2. The zero-order chi connectivity index (χ0) is 26.1. The third kappa shape index (κ3) is 5.04. The van der Waals surface area contributed by atoms with E-state index < -0.39 is 23.7 Å². The third-order valence-corrected chi connectivity index (χ3v) is 6.32. The van der Waals surface area contributed by atoms with Crippen molar-refractivity contribution in [3.05, 3.63) is 64.7 Å². The summed E-state index contributed by atoms with van der Waals surface area (Å²) in [5, 5.41) is 16.5. The molecule has 0 amide bonds. The second-order valence-electron chi connectivity index (χ2n) is 8.56. The Hall–Kier alpha value is -3.73. The number of rotatable bonds is 3. The first kappa shape index (κ1) is 25.9. The van der Waals surface area contributed by atoms with Gasteiger partial charge in [0.25, 0.3) is 0 Å². The monoisotopic (exact) mass is 492 g/mol. The van der Waals surface area contributed by atoms with Crippen molar-refractivity contribution in [2.75, 3.05) is 18.0 Å². The van der Waals surface area contributed by atoms with E-state index in [-0.39, 0.29) is 17.5 Å². The lowest BCUT2D eigenvalue weighted by Crippen LogP contribution is -2.54. The second-order valence-corrected chi connectivity index (χ2v) is 8.56. The summed E-state index contributed by atoms with van der Waals surface area (Å²) in [4.78, 5) is 48.4. The van der Waals surface area contributed by atoms with E-state index in [9.17, 15) is 32.7 Å². The number of nitrogens with zero attached hydrogens (tertiary/aromatic N) is 1. The van der Waals surface area contributed by atoms with Crippen molar-refractivity contribution in [1.29, 1.82) is 0 Å². The Morgan fingerprint density at radius 3 is 1.86 bits per heavy atom. The SMILES string of the molecule is C[C@@](N)(C(=O)O)C1CCN(c2cccc3c2C(=O)c2ccccc2C3=O)CC1.O=C(O)C(F)(F)F. The molecule has 11 heteroatoms. The van der Waals surface area contributed by atoms with Crippen LogP contribution in [-0.2, 0) is 9.59 Å². The number of carbonyl (C=O) groups excluding carboxylic acids is 2. The van der Waals surface area contributed by atoms with E-state index in [0.717, 1.165) is 5.69 Å². The lowest BCUT2D eigenvalue weighted by Gasteiger charge is -2.40. The first-order valence-corrected chi connectivity index (χ1v) is 10.7. The maximum Gasteiger partial charge on any atom is 0.490 e. The van der Waals surface area contributed by atoms with Crippen molar-refractivity contribution in [3.63, 3.8) is 0 Å². The Balaban J connectivity index is 0.000000429. The molecular formula is C24H23F3N2O6. The lowest BCUT2D eigenvalue weighted by molar-refractivity contribution is -0.192. The zero-order valence-corrected chi connectivity index (χ0v) is 18.6. The maximum absolute atomic E-state index is 13.2. The smallest absolute Gasteiger partial charge is 0.480 e. The predicted octanol–water partition coefficient (Wildman–Crippen LogP) is 3.11. The number of anilines is 1. The van der Waals surface area contributed by atoms with Gasteiger partial charge in [0.05, 0.1) is 5.56 Å². The third-order valence-electron chi connectivity index (χ3n) is 6.32. The molecule has 0 unspecified atom stereocenters. The van der Waals surface area contributed by atoms with Crippen LogP contribution in [0.15, 0.2) is 42.5 Å². The Labute approximate surface area is 198 Å². The van der Waals surface area contributed by atoms with Gasteiger partial charge >= 0.3 is 18.1 Å². The number of hydrogen-bond acceptors (Lipinski definition) is 6. The molecule has 2 aromatic carbocycles. The van der Waals surface area contributed by atoms with Gasteiger partial charge in [-0.1, -0.05) is 36.4 Å². The van der Waals surface area contributed by atoms with Crippen molar-refractivity contribution >= 4 is 29.2 Å². The molecule has 0 aromatic heterocycles. The number of benzene rings is 2. The number of aliphatic carboxylic acids is 2. The summed E-state index contributed by atoms with van der Waals surface area (Å²) in [5.41, 5.74) is 7.21. The zero-order valence-electron chi connectivity index (χ0n) is 18.6. The van der Waals surface area contributed by atoms with Gasteiger partial charge in [0.15, 0.2) is 11.6 Å². The molecule has 0 bridgehead atoms. The van der Waals surface area contributed by atoms with Crippen LogP contribution in [-0.4, -0.2) is 58.5 Å². The molecule has 0 radical (unpaired) electrons. The predicted molar refractivity (Wildman–Crippen MR) is 119 cm³/mol. The van der Waals surface area contributed by atoms with Crippen LogP contribution in [0, 0.1) is 5.92 Å². The number of nitrogens with two attached hydrogens (primary N) is 1. The first-order valence-electron chi connectivity index (χ1n) is 10.7. The number of halogens is 3. The van der Waals surface area contributed by atoms with Crippen LogP contribution in [0.3, 0.4) is 0 Å². The minimum Gasteiger partial charge on any atom is -0.480 e. The van der Waals surface area contributed by atoms with E-state index in [1.54, 1.807) is 43.3 Å². The Morgan fingerprint density at radius 2 is 1.37 bits per heavy atom. The van der Waals surface area contributed by atoms with E-state index in [4.69, 9.17) is 15.6 Å². The number of carbonyl (C=O) groups is 4. The van der Waals surface area contributed by atoms with Gasteiger partial charge in [0.1, 0.15) is 5.54 Å². The molecule has 1 heterocycles. The van der Waals surface area contributed by atoms with E-state index in [1.165, 1.54) is 0 Å². The molecule has 2 aliphatic rings. The highest BCUT2D eigenvalue weighted by Crippen LogP contribution is 2.36. The van der Waals surface area contributed by atoms with Gasteiger partial charge in [-0.25, -0.2) is 4.79 Å². The fourth-order valence-corrected chi connectivity index (χ4v) is 4.29. The standard InChI is InChI=1S/C22H22N2O4.C2HF3O2/c1-22(23,21(27)28)13-9-11-24(12-10-13)17-8-4-7-16-18(17)20(26)15-6-3-2-5-14(15)19(16)25;3-2(4,5)1(6)7/h2-8,13H,9-12,23H2,1H3,(H,27,28);(H,6,7)/t22-;/m0./s1. The summed E-state index contributed by atoms with van der Waals surface area (Å²) >= 11 is 0. The normalized spacial score (nSPS) is 17.5. The van der Waals surface area contributed by atoms with Crippen molar-refractivity contribution in [1.82, 2.24) is 0 Å². The van der Waals surface area contributed by atoms with Crippen LogP contribution in [0.5, 0.6) is 0 Å².